The van der Waals surface area contributed by atoms with E-state index in [4.69, 9.17) is 0 Å². The van der Waals surface area contributed by atoms with Crippen LogP contribution in [0.5, 0.6) is 5.75 Å². The van der Waals surface area contributed by atoms with E-state index in [0.717, 1.165) is 10.0 Å². The molecule has 0 bridgehead atoms. The van der Waals surface area contributed by atoms with Gasteiger partial charge in [-0.3, -0.25) is 19.0 Å². The Hall–Kier alpha value is -2.68. The fourth-order valence-corrected chi connectivity index (χ4v) is 3.35. The third kappa shape index (κ3) is 4.24. The van der Waals surface area contributed by atoms with E-state index in [9.17, 15) is 18.4 Å². The number of ether oxygens (including phenoxy) is 1. The summed E-state index contributed by atoms with van der Waals surface area (Å²) < 4.78 is 34.2. The summed E-state index contributed by atoms with van der Waals surface area (Å²) >= 11 is 3.39. The number of hydrogen-bond acceptors (Lipinski definition) is 3. The molecule has 0 saturated carbocycles. The number of nitrogens with one attached hydrogen (secondary N) is 1. The molecule has 1 heterocycles. The Morgan fingerprint density at radius 2 is 2.00 bits per heavy atom. The molecule has 0 aliphatic rings. The van der Waals surface area contributed by atoms with Gasteiger partial charge in [0, 0.05) is 30.6 Å². The lowest BCUT2D eigenvalue weighted by molar-refractivity contribution is -0.119. The van der Waals surface area contributed by atoms with Gasteiger partial charge in [-0.15, -0.1) is 0 Å². The van der Waals surface area contributed by atoms with Crippen molar-refractivity contribution in [2.24, 2.45) is 7.05 Å². The Balaban J connectivity index is 2.07. The number of aromatic nitrogens is 2. The molecule has 0 atom stereocenters. The highest BCUT2D eigenvalue weighted by Gasteiger charge is 2.16. The van der Waals surface area contributed by atoms with Crippen molar-refractivity contribution in [1.29, 1.82) is 0 Å². The van der Waals surface area contributed by atoms with E-state index in [-0.39, 0.29) is 30.3 Å². The van der Waals surface area contributed by atoms with Crippen LogP contribution < -0.4 is 15.6 Å². The molecule has 0 aliphatic heterocycles. The molecular weight excluding hydrogens is 436 g/mol. The first kappa shape index (κ1) is 20.1. The normalized spacial score (nSPS) is 11.2. The number of rotatable bonds is 6. The van der Waals surface area contributed by atoms with Gasteiger partial charge in [0.15, 0.2) is 0 Å². The smallest absolute Gasteiger partial charge is 0.387 e. The zero-order chi connectivity index (χ0) is 20.4. The zero-order valence-corrected chi connectivity index (χ0v) is 16.8. The molecule has 2 aromatic carbocycles. The Morgan fingerprint density at radius 1 is 1.25 bits per heavy atom. The average molecular weight is 454 g/mol. The number of halogens is 3. The summed E-state index contributed by atoms with van der Waals surface area (Å²) in [5.74, 6) is -0.177. The minimum absolute atomic E-state index is 0.0193. The quantitative estimate of drug-likeness (QED) is 0.621. The van der Waals surface area contributed by atoms with Gasteiger partial charge in [-0.05, 0) is 35.9 Å². The van der Waals surface area contributed by atoms with E-state index >= 15 is 0 Å². The van der Waals surface area contributed by atoms with Crippen LogP contribution in [-0.4, -0.2) is 21.9 Å². The highest BCUT2D eigenvalue weighted by atomic mass is 79.9. The van der Waals surface area contributed by atoms with E-state index in [1.54, 1.807) is 42.1 Å². The van der Waals surface area contributed by atoms with Crippen molar-refractivity contribution >= 4 is 32.7 Å². The highest BCUT2D eigenvalue weighted by Crippen LogP contribution is 2.25. The summed E-state index contributed by atoms with van der Waals surface area (Å²) in [5.41, 5.74) is 1.68. The maximum absolute atomic E-state index is 12.8. The number of hydrogen-bond donors (Lipinski definition) is 1. The van der Waals surface area contributed by atoms with Crippen molar-refractivity contribution in [3.05, 3.63) is 62.4 Å². The van der Waals surface area contributed by atoms with Crippen LogP contribution in [0.1, 0.15) is 18.1 Å². The SMILES string of the molecule is CC(=O)NCc1ccc(OC(F)F)c(Cn2c3cc(Br)ccc3c(=O)n2C)c1. The fraction of sp³-hybridized carbons (Fsp3) is 0.263. The standard InChI is InChI=1S/C19H18BrF2N3O3/c1-11(26)23-9-12-3-6-17(28-19(21)22)13(7-12)10-25-16-8-14(20)4-5-15(16)18(27)24(25)2/h3-8,19H,9-10H2,1-2H3,(H,23,26). The zero-order valence-electron chi connectivity index (χ0n) is 15.2. The highest BCUT2D eigenvalue weighted by molar-refractivity contribution is 9.10. The second-order valence-electron chi connectivity index (χ2n) is 6.28. The van der Waals surface area contributed by atoms with Crippen LogP contribution in [0.3, 0.4) is 0 Å². The summed E-state index contributed by atoms with van der Waals surface area (Å²) in [4.78, 5) is 23.6. The summed E-state index contributed by atoms with van der Waals surface area (Å²) in [7, 11) is 1.62. The van der Waals surface area contributed by atoms with Crippen LogP contribution >= 0.6 is 15.9 Å². The first-order chi connectivity index (χ1) is 13.3. The van der Waals surface area contributed by atoms with Gasteiger partial charge < -0.3 is 10.1 Å². The van der Waals surface area contributed by atoms with Crippen LogP contribution in [0.4, 0.5) is 8.78 Å². The number of carbonyl (C=O) groups is 1. The molecule has 0 radical (unpaired) electrons. The molecule has 1 amide bonds. The molecular formula is C19H18BrF2N3O3. The maximum Gasteiger partial charge on any atom is 0.387 e. The summed E-state index contributed by atoms with van der Waals surface area (Å²) in [6.45, 7) is -1.18. The Bertz CT molecular complexity index is 1090. The minimum atomic E-state index is -2.97. The van der Waals surface area contributed by atoms with Gasteiger partial charge in [0.25, 0.3) is 5.56 Å². The first-order valence-corrected chi connectivity index (χ1v) is 9.21. The lowest BCUT2D eigenvalue weighted by atomic mass is 10.1. The minimum Gasteiger partial charge on any atom is -0.434 e. The monoisotopic (exact) mass is 453 g/mol. The molecule has 3 rings (SSSR count). The molecule has 0 fully saturated rings. The van der Waals surface area contributed by atoms with Crippen molar-refractivity contribution in [3.63, 3.8) is 0 Å². The number of fused-ring (bicyclic) bond motifs is 1. The molecule has 0 spiro atoms. The van der Waals surface area contributed by atoms with Crippen molar-refractivity contribution in [2.75, 3.05) is 0 Å². The molecule has 0 unspecified atom stereocenters. The van der Waals surface area contributed by atoms with Crippen molar-refractivity contribution in [3.8, 4) is 5.75 Å². The van der Waals surface area contributed by atoms with Crippen LogP contribution in [0.15, 0.2) is 45.7 Å². The fourth-order valence-electron chi connectivity index (χ4n) is 3.00. The van der Waals surface area contributed by atoms with E-state index in [1.807, 2.05) is 0 Å². The molecule has 6 nitrogen and oxygen atoms in total. The molecule has 9 heteroatoms. The third-order valence-corrected chi connectivity index (χ3v) is 4.82. The van der Waals surface area contributed by atoms with Crippen molar-refractivity contribution < 1.29 is 18.3 Å². The lowest BCUT2D eigenvalue weighted by Crippen LogP contribution is -2.21. The Morgan fingerprint density at radius 3 is 2.68 bits per heavy atom. The lowest BCUT2D eigenvalue weighted by Gasteiger charge is -2.15. The molecule has 1 N–H and O–H groups in total. The van der Waals surface area contributed by atoms with Gasteiger partial charge in [0.05, 0.1) is 17.4 Å². The maximum atomic E-state index is 12.8. The van der Waals surface area contributed by atoms with Gasteiger partial charge in [0.2, 0.25) is 5.91 Å². The molecule has 0 saturated heterocycles. The molecule has 1 aromatic heterocycles. The number of carbonyl (C=O) groups excluding carboxylic acids is 1. The Labute approximate surface area is 167 Å². The summed E-state index contributed by atoms with van der Waals surface area (Å²) in [6, 6.07) is 10.0. The van der Waals surface area contributed by atoms with E-state index in [0.29, 0.717) is 16.5 Å². The molecule has 148 valence electrons. The topological polar surface area (TPSA) is 65.3 Å². The average Bonchev–Trinajstić information content (AvgIpc) is 2.85. The van der Waals surface area contributed by atoms with Gasteiger partial charge >= 0.3 is 6.61 Å². The second-order valence-corrected chi connectivity index (χ2v) is 7.19. The number of nitrogens with zero attached hydrogens (tertiary/aromatic N) is 2. The predicted molar refractivity (Wildman–Crippen MR) is 105 cm³/mol. The van der Waals surface area contributed by atoms with Gasteiger partial charge in [-0.2, -0.15) is 8.78 Å². The Kier molecular flexibility index (Phi) is 5.83. The van der Waals surface area contributed by atoms with Crippen molar-refractivity contribution in [2.45, 2.75) is 26.6 Å². The molecule has 28 heavy (non-hydrogen) atoms. The molecule has 3 aromatic rings. The molecule has 0 aliphatic carbocycles. The summed E-state index contributed by atoms with van der Waals surface area (Å²) in [5, 5.41) is 3.19. The van der Waals surface area contributed by atoms with Crippen LogP contribution in [0, 0.1) is 0 Å². The van der Waals surface area contributed by atoms with Crippen LogP contribution in [-0.2, 0) is 24.9 Å². The van der Waals surface area contributed by atoms with E-state index < -0.39 is 6.61 Å². The predicted octanol–water partition coefficient (Wildman–Crippen LogP) is 3.39. The van der Waals surface area contributed by atoms with Gasteiger partial charge in [0.1, 0.15) is 5.75 Å². The third-order valence-electron chi connectivity index (χ3n) is 4.33. The largest absolute Gasteiger partial charge is 0.434 e. The number of alkyl halides is 2. The van der Waals surface area contributed by atoms with Gasteiger partial charge in [-0.25, -0.2) is 0 Å². The summed E-state index contributed by atoms with van der Waals surface area (Å²) in [6.07, 6.45) is 0. The van der Waals surface area contributed by atoms with Crippen molar-refractivity contribution in [1.82, 2.24) is 14.7 Å². The number of amides is 1. The van der Waals surface area contributed by atoms with Gasteiger partial charge in [-0.1, -0.05) is 22.0 Å². The van der Waals surface area contributed by atoms with E-state index in [1.165, 1.54) is 17.7 Å². The number of benzene rings is 2. The van der Waals surface area contributed by atoms with Crippen LogP contribution in [0.25, 0.3) is 10.9 Å². The van der Waals surface area contributed by atoms with Crippen LogP contribution in [0.2, 0.25) is 0 Å². The van der Waals surface area contributed by atoms with E-state index in [2.05, 4.69) is 26.0 Å². The first-order valence-electron chi connectivity index (χ1n) is 8.42. The second kappa shape index (κ2) is 8.14.